The van der Waals surface area contributed by atoms with E-state index in [2.05, 4.69) is 4.98 Å². The number of carboxylic acid groups (broad SMARTS) is 1. The van der Waals surface area contributed by atoms with Crippen LogP contribution in [0.4, 0.5) is 5.69 Å². The fraction of sp³-hybridized carbons (Fsp3) is 0.231. The maximum Gasteiger partial charge on any atom is 0.335 e. The summed E-state index contributed by atoms with van der Waals surface area (Å²) in [4.78, 5) is 25.1. The molecule has 0 fully saturated rings. The van der Waals surface area contributed by atoms with Crippen molar-refractivity contribution in [3.63, 3.8) is 0 Å². The largest absolute Gasteiger partial charge is 0.480 e. The van der Waals surface area contributed by atoms with Crippen LogP contribution in [-0.2, 0) is 13.2 Å². The zero-order valence-corrected chi connectivity index (χ0v) is 11.2. The number of aryl methyl sites for hydroxylation is 1. The highest BCUT2D eigenvalue weighted by Crippen LogP contribution is 2.28. The van der Waals surface area contributed by atoms with Crippen molar-refractivity contribution in [2.45, 2.75) is 20.1 Å². The van der Waals surface area contributed by atoms with E-state index in [9.17, 15) is 14.9 Å². The number of hydrogen-bond acceptors (Lipinski definition) is 5. The first-order valence-electron chi connectivity index (χ1n) is 6.16. The Labute approximate surface area is 119 Å². The number of nitro benzene ring substituents is 1. The van der Waals surface area contributed by atoms with Crippen LogP contribution in [0.1, 0.15) is 23.0 Å². The number of nitrogens with zero attached hydrogens (tertiary/aromatic N) is 3. The van der Waals surface area contributed by atoms with Crippen molar-refractivity contribution < 1.29 is 19.6 Å². The Morgan fingerprint density at radius 3 is 2.90 bits per heavy atom. The highest BCUT2D eigenvalue weighted by Gasteiger charge is 2.19. The Hall–Kier alpha value is -2.90. The zero-order valence-electron chi connectivity index (χ0n) is 11.2. The average molecular weight is 291 g/mol. The third kappa shape index (κ3) is 3.16. The molecule has 0 radical (unpaired) electrons. The molecule has 1 heterocycles. The summed E-state index contributed by atoms with van der Waals surface area (Å²) >= 11 is 0. The average Bonchev–Trinajstić information content (AvgIpc) is 2.92. The van der Waals surface area contributed by atoms with Crippen molar-refractivity contribution in [2.75, 3.05) is 0 Å². The molecule has 0 saturated carbocycles. The number of benzene rings is 1. The van der Waals surface area contributed by atoms with Gasteiger partial charge in [-0.1, -0.05) is 0 Å². The van der Waals surface area contributed by atoms with Gasteiger partial charge in [-0.25, -0.2) is 9.78 Å². The van der Waals surface area contributed by atoms with Gasteiger partial charge >= 0.3 is 11.7 Å². The highest BCUT2D eigenvalue weighted by atomic mass is 16.6. The van der Waals surface area contributed by atoms with E-state index in [1.54, 1.807) is 12.5 Å². The van der Waals surface area contributed by atoms with Crippen LogP contribution in [-0.4, -0.2) is 25.6 Å². The standard InChI is InChI=1S/C13H13N3O5/c1-2-15-8-14-6-10(15)7-21-12-4-3-9(13(17)18)5-11(12)16(19)20/h3-6,8H,2,7H2,1H3,(H,17,18). The number of rotatable bonds is 6. The number of hydrogen-bond donors (Lipinski definition) is 1. The van der Waals surface area contributed by atoms with E-state index in [0.29, 0.717) is 6.54 Å². The van der Waals surface area contributed by atoms with E-state index in [4.69, 9.17) is 9.84 Å². The molecule has 1 N–H and O–H groups in total. The van der Waals surface area contributed by atoms with Crippen LogP contribution in [0.15, 0.2) is 30.7 Å². The molecule has 0 amide bonds. The molecular formula is C13H13N3O5. The lowest BCUT2D eigenvalue weighted by atomic mass is 10.2. The summed E-state index contributed by atoms with van der Waals surface area (Å²) in [5.74, 6) is -1.21. The number of carboxylic acids is 1. The molecule has 0 saturated heterocycles. The van der Waals surface area contributed by atoms with Crippen LogP contribution in [0.2, 0.25) is 0 Å². The molecule has 0 aliphatic carbocycles. The van der Waals surface area contributed by atoms with Gasteiger partial charge in [0.15, 0.2) is 5.75 Å². The predicted molar refractivity (Wildman–Crippen MR) is 72.3 cm³/mol. The Morgan fingerprint density at radius 1 is 1.52 bits per heavy atom. The second-order valence-corrected chi connectivity index (χ2v) is 4.20. The maximum absolute atomic E-state index is 11.0. The van der Waals surface area contributed by atoms with Crippen molar-refractivity contribution in [1.29, 1.82) is 0 Å². The third-order valence-electron chi connectivity index (χ3n) is 2.92. The number of aromatic carboxylic acids is 1. The Bertz CT molecular complexity index is 680. The van der Waals surface area contributed by atoms with Crippen molar-refractivity contribution in [3.8, 4) is 5.75 Å². The minimum Gasteiger partial charge on any atom is -0.480 e. The van der Waals surface area contributed by atoms with Crippen molar-refractivity contribution in [1.82, 2.24) is 9.55 Å². The van der Waals surface area contributed by atoms with Crippen LogP contribution in [0.25, 0.3) is 0 Å². The van der Waals surface area contributed by atoms with Crippen LogP contribution < -0.4 is 4.74 Å². The molecule has 0 spiro atoms. The Kier molecular flexibility index (Phi) is 4.17. The molecule has 0 unspecified atom stereocenters. The number of aromatic nitrogens is 2. The molecule has 1 aromatic heterocycles. The van der Waals surface area contributed by atoms with Gasteiger partial charge in [0.1, 0.15) is 6.61 Å². The lowest BCUT2D eigenvalue weighted by Crippen LogP contribution is -2.06. The van der Waals surface area contributed by atoms with E-state index in [0.717, 1.165) is 11.8 Å². The second kappa shape index (κ2) is 6.04. The molecule has 8 nitrogen and oxygen atoms in total. The lowest BCUT2D eigenvalue weighted by molar-refractivity contribution is -0.386. The fourth-order valence-corrected chi connectivity index (χ4v) is 1.82. The highest BCUT2D eigenvalue weighted by molar-refractivity contribution is 5.88. The SMILES string of the molecule is CCn1cncc1COc1ccc(C(=O)O)cc1[N+](=O)[O-]. The summed E-state index contributed by atoms with van der Waals surface area (Å²) in [6, 6.07) is 3.53. The van der Waals surface area contributed by atoms with Gasteiger partial charge < -0.3 is 14.4 Å². The summed E-state index contributed by atoms with van der Waals surface area (Å²) in [5.41, 5.74) is 0.235. The van der Waals surface area contributed by atoms with E-state index < -0.39 is 10.9 Å². The molecule has 0 aliphatic heterocycles. The normalized spacial score (nSPS) is 10.3. The zero-order chi connectivity index (χ0) is 15.4. The van der Waals surface area contributed by atoms with Gasteiger partial charge in [0, 0.05) is 12.6 Å². The first kappa shape index (κ1) is 14.5. The van der Waals surface area contributed by atoms with Gasteiger partial charge in [-0.05, 0) is 19.1 Å². The molecule has 0 atom stereocenters. The van der Waals surface area contributed by atoms with Gasteiger partial charge in [0.25, 0.3) is 0 Å². The summed E-state index contributed by atoms with van der Waals surface area (Å²) < 4.78 is 7.27. The molecule has 110 valence electrons. The molecule has 2 aromatic rings. The van der Waals surface area contributed by atoms with E-state index in [1.165, 1.54) is 12.1 Å². The molecular weight excluding hydrogens is 278 g/mol. The summed E-state index contributed by atoms with van der Waals surface area (Å²) in [6.07, 6.45) is 3.25. The quantitative estimate of drug-likeness (QED) is 0.645. The van der Waals surface area contributed by atoms with E-state index in [-0.39, 0.29) is 23.6 Å². The van der Waals surface area contributed by atoms with Gasteiger partial charge in [-0.15, -0.1) is 0 Å². The lowest BCUT2D eigenvalue weighted by Gasteiger charge is -2.08. The van der Waals surface area contributed by atoms with Crippen LogP contribution >= 0.6 is 0 Å². The van der Waals surface area contributed by atoms with Crippen molar-refractivity contribution in [2.24, 2.45) is 0 Å². The van der Waals surface area contributed by atoms with Crippen LogP contribution in [0, 0.1) is 10.1 Å². The van der Waals surface area contributed by atoms with Crippen LogP contribution in [0.5, 0.6) is 5.75 Å². The summed E-state index contributed by atoms with van der Waals surface area (Å²) in [6.45, 7) is 2.76. The predicted octanol–water partition coefficient (Wildman–Crippen LogP) is 2.09. The molecule has 1 aromatic carbocycles. The maximum atomic E-state index is 11.0. The van der Waals surface area contributed by atoms with Gasteiger partial charge in [0.05, 0.1) is 28.7 Å². The first-order valence-corrected chi connectivity index (χ1v) is 6.16. The van der Waals surface area contributed by atoms with Gasteiger partial charge in [-0.2, -0.15) is 0 Å². The topological polar surface area (TPSA) is 107 Å². The monoisotopic (exact) mass is 291 g/mol. The fourth-order valence-electron chi connectivity index (χ4n) is 1.82. The van der Waals surface area contributed by atoms with E-state index in [1.807, 2.05) is 11.5 Å². The molecule has 0 aliphatic rings. The summed E-state index contributed by atoms with van der Waals surface area (Å²) in [7, 11) is 0. The second-order valence-electron chi connectivity index (χ2n) is 4.20. The minimum absolute atomic E-state index is 0.0221. The molecule has 8 heteroatoms. The van der Waals surface area contributed by atoms with Crippen molar-refractivity contribution >= 4 is 11.7 Å². The Morgan fingerprint density at radius 2 is 2.29 bits per heavy atom. The number of nitro groups is 1. The van der Waals surface area contributed by atoms with Crippen molar-refractivity contribution in [3.05, 3.63) is 52.1 Å². The molecule has 21 heavy (non-hydrogen) atoms. The smallest absolute Gasteiger partial charge is 0.335 e. The first-order chi connectivity index (χ1) is 10.0. The van der Waals surface area contributed by atoms with Gasteiger partial charge in [-0.3, -0.25) is 10.1 Å². The van der Waals surface area contributed by atoms with Gasteiger partial charge in [0.2, 0.25) is 0 Å². The number of ether oxygens (including phenoxy) is 1. The number of imidazole rings is 1. The van der Waals surface area contributed by atoms with Crippen LogP contribution in [0.3, 0.4) is 0 Å². The molecule has 0 bridgehead atoms. The number of carbonyl (C=O) groups is 1. The molecule has 2 rings (SSSR count). The Balaban J connectivity index is 2.23. The summed E-state index contributed by atoms with van der Waals surface area (Å²) in [5, 5.41) is 19.9. The third-order valence-corrected chi connectivity index (χ3v) is 2.92. The minimum atomic E-state index is -1.23. The van der Waals surface area contributed by atoms with E-state index >= 15 is 0 Å².